The van der Waals surface area contributed by atoms with Crippen molar-refractivity contribution in [3.05, 3.63) is 65.1 Å². The molecule has 5 heteroatoms. The van der Waals surface area contributed by atoms with Crippen LogP contribution in [0, 0.1) is 0 Å². The van der Waals surface area contributed by atoms with Crippen LogP contribution >= 0.6 is 0 Å². The highest BCUT2D eigenvalue weighted by molar-refractivity contribution is 6.14. The molecular formula is C17H14N4O. The van der Waals surface area contributed by atoms with Crippen LogP contribution in [0.3, 0.4) is 0 Å². The van der Waals surface area contributed by atoms with Crippen LogP contribution in [0.25, 0.3) is 5.57 Å². The maximum atomic E-state index is 12.3. The average molecular weight is 290 g/mol. The number of anilines is 2. The third kappa shape index (κ3) is 2.16. The first kappa shape index (κ1) is 12.8. The Morgan fingerprint density at radius 2 is 1.95 bits per heavy atom. The van der Waals surface area contributed by atoms with Crippen LogP contribution in [0.15, 0.2) is 53.9 Å². The molecule has 2 heterocycles. The number of aromatic nitrogens is 2. The number of pyridine rings is 2. The number of carbonyl (C=O) groups excluding carboxylic acids is 1. The van der Waals surface area contributed by atoms with Crippen molar-refractivity contribution in [3.63, 3.8) is 0 Å². The molecule has 1 saturated carbocycles. The Morgan fingerprint density at radius 1 is 1.09 bits per heavy atom. The van der Waals surface area contributed by atoms with Gasteiger partial charge in [-0.3, -0.25) is 4.79 Å². The van der Waals surface area contributed by atoms with Gasteiger partial charge in [0.1, 0.15) is 17.3 Å². The number of carbonyl (C=O) groups is 1. The summed E-state index contributed by atoms with van der Waals surface area (Å²) in [7, 11) is 0. The largest absolute Gasteiger partial charge is 0.395 e. The molecule has 4 rings (SSSR count). The molecule has 22 heavy (non-hydrogen) atoms. The summed E-state index contributed by atoms with van der Waals surface area (Å²) in [6, 6.07) is 9.35. The van der Waals surface area contributed by atoms with Crippen molar-refractivity contribution in [3.8, 4) is 0 Å². The maximum Gasteiger partial charge on any atom is 0.227 e. The summed E-state index contributed by atoms with van der Waals surface area (Å²) >= 11 is 0. The average Bonchev–Trinajstić information content (AvgIpc) is 3.37. The molecule has 2 aromatic rings. The molecule has 0 saturated heterocycles. The van der Waals surface area contributed by atoms with Crippen molar-refractivity contribution in [1.29, 1.82) is 0 Å². The number of hydrogen-bond acceptors (Lipinski definition) is 5. The van der Waals surface area contributed by atoms with Gasteiger partial charge in [0.25, 0.3) is 0 Å². The van der Waals surface area contributed by atoms with E-state index < -0.39 is 0 Å². The van der Waals surface area contributed by atoms with Crippen molar-refractivity contribution < 1.29 is 4.79 Å². The molecule has 0 aromatic carbocycles. The van der Waals surface area contributed by atoms with Gasteiger partial charge in [-0.15, -0.1) is 0 Å². The highest BCUT2D eigenvalue weighted by Gasteiger charge is 2.28. The summed E-state index contributed by atoms with van der Waals surface area (Å²) in [5, 5.41) is 3.10. The van der Waals surface area contributed by atoms with Gasteiger partial charge in [-0.25, -0.2) is 9.97 Å². The fourth-order valence-corrected chi connectivity index (χ4v) is 2.55. The van der Waals surface area contributed by atoms with E-state index in [0.717, 1.165) is 24.0 Å². The lowest BCUT2D eigenvalue weighted by Gasteiger charge is -2.16. The fraction of sp³-hybridized carbons (Fsp3) is 0.118. The van der Waals surface area contributed by atoms with E-state index in [1.165, 1.54) is 5.57 Å². The van der Waals surface area contributed by atoms with Gasteiger partial charge in [0.2, 0.25) is 5.78 Å². The Hall–Kier alpha value is -2.95. The normalized spacial score (nSPS) is 16.2. The van der Waals surface area contributed by atoms with Gasteiger partial charge in [-0.05, 0) is 48.8 Å². The molecule has 2 aromatic heterocycles. The Kier molecular flexibility index (Phi) is 2.79. The van der Waals surface area contributed by atoms with Gasteiger partial charge >= 0.3 is 0 Å². The van der Waals surface area contributed by atoms with E-state index in [2.05, 4.69) is 15.3 Å². The summed E-state index contributed by atoms with van der Waals surface area (Å²) in [6.45, 7) is 0. The molecule has 0 bridgehead atoms. The van der Waals surface area contributed by atoms with Crippen LogP contribution in [-0.2, 0) is 0 Å². The number of nitrogens with one attached hydrogen (secondary N) is 1. The first-order valence-electron chi connectivity index (χ1n) is 7.16. The first-order chi connectivity index (χ1) is 10.7. The molecule has 0 amide bonds. The number of fused-ring (bicyclic) bond motifs is 1. The second kappa shape index (κ2) is 4.80. The number of ketones is 1. The topological polar surface area (TPSA) is 80.9 Å². The molecule has 5 nitrogen and oxygen atoms in total. The monoisotopic (exact) mass is 290 g/mol. The second-order valence-electron chi connectivity index (χ2n) is 5.38. The van der Waals surface area contributed by atoms with Crippen molar-refractivity contribution in [2.75, 3.05) is 5.32 Å². The van der Waals surface area contributed by atoms with E-state index in [0.29, 0.717) is 17.3 Å². The molecule has 1 fully saturated rings. The number of allylic oxidation sites excluding steroid dienone is 4. The van der Waals surface area contributed by atoms with Gasteiger partial charge in [0, 0.05) is 11.8 Å². The lowest BCUT2D eigenvalue weighted by molar-refractivity contribution is 0.102. The lowest BCUT2D eigenvalue weighted by atomic mass is 9.93. The van der Waals surface area contributed by atoms with Crippen LogP contribution in [0.5, 0.6) is 0 Å². The quantitative estimate of drug-likeness (QED) is 0.889. The van der Waals surface area contributed by atoms with Gasteiger partial charge in [-0.1, -0.05) is 11.6 Å². The summed E-state index contributed by atoms with van der Waals surface area (Å²) < 4.78 is 0. The standard InChI is InChI=1S/C17H14N4O/c18-13-9-12(10-4-5-10)11-6-7-15(21-16(11)17(13)22)20-14-3-1-2-8-19-14/h1-3,6-9H,4-5,18H2,(H,19,20,21). The molecule has 2 aliphatic carbocycles. The highest BCUT2D eigenvalue weighted by atomic mass is 16.1. The minimum atomic E-state index is -0.218. The third-order valence-electron chi connectivity index (χ3n) is 3.76. The number of rotatable bonds is 2. The number of Topliss-reactive ketones (excluding diaryl/α,β-unsaturated/α-hetero) is 1. The minimum absolute atomic E-state index is 0.218. The number of nitrogens with two attached hydrogens (primary N) is 1. The van der Waals surface area contributed by atoms with Gasteiger partial charge in [0.15, 0.2) is 0 Å². The van der Waals surface area contributed by atoms with Crippen molar-refractivity contribution in [2.45, 2.75) is 12.8 Å². The predicted octanol–water partition coefficient (Wildman–Crippen LogP) is 2.81. The van der Waals surface area contributed by atoms with Gasteiger partial charge < -0.3 is 11.1 Å². The molecule has 0 aliphatic heterocycles. The molecule has 0 atom stereocenters. The van der Waals surface area contributed by atoms with E-state index in [9.17, 15) is 4.79 Å². The van der Waals surface area contributed by atoms with E-state index in [4.69, 9.17) is 5.73 Å². The zero-order chi connectivity index (χ0) is 15.1. The van der Waals surface area contributed by atoms with Crippen molar-refractivity contribution in [1.82, 2.24) is 9.97 Å². The highest BCUT2D eigenvalue weighted by Crippen LogP contribution is 2.40. The summed E-state index contributed by atoms with van der Waals surface area (Å²) in [5.41, 5.74) is 9.79. The Morgan fingerprint density at radius 3 is 2.68 bits per heavy atom. The van der Waals surface area contributed by atoms with Gasteiger partial charge in [0.05, 0.1) is 5.70 Å². The molecule has 3 N–H and O–H groups in total. The van der Waals surface area contributed by atoms with Gasteiger partial charge in [-0.2, -0.15) is 0 Å². The van der Waals surface area contributed by atoms with Crippen molar-refractivity contribution >= 4 is 23.0 Å². The van der Waals surface area contributed by atoms with Crippen LogP contribution in [0.2, 0.25) is 0 Å². The third-order valence-corrected chi connectivity index (χ3v) is 3.76. The Balaban J connectivity index is 1.76. The van der Waals surface area contributed by atoms with Crippen LogP contribution in [0.1, 0.15) is 28.9 Å². The molecule has 0 radical (unpaired) electrons. The molecule has 0 unspecified atom stereocenters. The maximum absolute atomic E-state index is 12.3. The molecule has 108 valence electrons. The lowest BCUT2D eigenvalue weighted by Crippen LogP contribution is -2.19. The molecule has 2 aliphatic rings. The Labute approximate surface area is 127 Å². The summed E-state index contributed by atoms with van der Waals surface area (Å²) in [4.78, 5) is 20.9. The van der Waals surface area contributed by atoms with Crippen LogP contribution in [0.4, 0.5) is 11.6 Å². The number of hydrogen-bond donors (Lipinski definition) is 2. The van der Waals surface area contributed by atoms with Crippen LogP contribution in [-0.4, -0.2) is 15.8 Å². The zero-order valence-electron chi connectivity index (χ0n) is 11.8. The van der Waals surface area contributed by atoms with E-state index in [1.54, 1.807) is 12.3 Å². The van der Waals surface area contributed by atoms with E-state index in [-0.39, 0.29) is 11.5 Å². The minimum Gasteiger partial charge on any atom is -0.395 e. The fourth-order valence-electron chi connectivity index (χ4n) is 2.55. The molecule has 0 spiro atoms. The summed E-state index contributed by atoms with van der Waals surface area (Å²) in [5.74, 6) is 1.05. The second-order valence-corrected chi connectivity index (χ2v) is 5.38. The van der Waals surface area contributed by atoms with E-state index >= 15 is 0 Å². The predicted molar refractivity (Wildman–Crippen MR) is 84.5 cm³/mol. The first-order valence-corrected chi connectivity index (χ1v) is 7.16. The Bertz CT molecular complexity index is 831. The van der Waals surface area contributed by atoms with E-state index in [1.807, 2.05) is 30.3 Å². The van der Waals surface area contributed by atoms with Crippen molar-refractivity contribution in [2.24, 2.45) is 5.73 Å². The van der Waals surface area contributed by atoms with Crippen LogP contribution < -0.4 is 11.1 Å². The summed E-state index contributed by atoms with van der Waals surface area (Å²) in [6.07, 6.45) is 5.62. The number of nitrogens with zero attached hydrogens (tertiary/aromatic N) is 2. The smallest absolute Gasteiger partial charge is 0.227 e. The zero-order valence-corrected chi connectivity index (χ0v) is 11.8. The SMILES string of the molecule is NC1=CC(=C2CC2)c2ccc(Nc3ccccn3)nc2C1=O. The molecular weight excluding hydrogens is 276 g/mol.